The van der Waals surface area contributed by atoms with Crippen LogP contribution in [0.1, 0.15) is 70.3 Å². The van der Waals surface area contributed by atoms with Gasteiger partial charge in [0.05, 0.1) is 24.7 Å². The third-order valence-corrected chi connectivity index (χ3v) is 4.87. The summed E-state index contributed by atoms with van der Waals surface area (Å²) in [6.07, 6.45) is -0.359. The minimum absolute atomic E-state index is 0.00876. The molecule has 1 amide bonds. The lowest BCUT2D eigenvalue weighted by atomic mass is 9.93. The van der Waals surface area contributed by atoms with Crippen molar-refractivity contribution in [1.29, 1.82) is 0 Å². The maximum absolute atomic E-state index is 12.2. The molecule has 35 heavy (non-hydrogen) atoms. The van der Waals surface area contributed by atoms with E-state index < -0.39 is 36.0 Å². The van der Waals surface area contributed by atoms with Crippen LogP contribution in [0.2, 0.25) is 0 Å². The summed E-state index contributed by atoms with van der Waals surface area (Å²) < 4.78 is 15.3. The topological polar surface area (TPSA) is 145 Å². The largest absolute Gasteiger partial charge is 0.481 e. The van der Waals surface area contributed by atoms with Gasteiger partial charge in [-0.25, -0.2) is 4.79 Å². The number of carboxylic acid groups (broad SMARTS) is 1. The molecule has 0 aliphatic carbocycles. The van der Waals surface area contributed by atoms with Crippen LogP contribution < -0.4 is 10.1 Å². The Morgan fingerprint density at radius 3 is 2.26 bits per heavy atom. The normalized spacial score (nSPS) is 12.7. The highest BCUT2D eigenvalue weighted by Crippen LogP contribution is 2.24. The van der Waals surface area contributed by atoms with Gasteiger partial charge in [0.15, 0.2) is 5.78 Å². The van der Waals surface area contributed by atoms with E-state index in [1.165, 1.54) is 32.9 Å². The van der Waals surface area contributed by atoms with Crippen molar-refractivity contribution in [3.63, 3.8) is 0 Å². The van der Waals surface area contributed by atoms with E-state index in [2.05, 4.69) is 5.32 Å². The maximum atomic E-state index is 12.2. The van der Waals surface area contributed by atoms with E-state index in [4.69, 9.17) is 14.2 Å². The molecule has 10 heteroatoms. The van der Waals surface area contributed by atoms with Crippen molar-refractivity contribution in [2.75, 3.05) is 13.2 Å². The van der Waals surface area contributed by atoms with E-state index in [1.54, 1.807) is 6.07 Å². The molecule has 0 heterocycles. The van der Waals surface area contributed by atoms with Crippen LogP contribution >= 0.6 is 0 Å². The average molecular weight is 494 g/mol. The first-order valence-electron chi connectivity index (χ1n) is 11.3. The molecule has 0 bridgehead atoms. The van der Waals surface area contributed by atoms with Crippen molar-refractivity contribution in [1.82, 2.24) is 5.32 Å². The maximum Gasteiger partial charge on any atom is 0.407 e. The molecule has 1 aromatic rings. The third-order valence-electron chi connectivity index (χ3n) is 4.87. The van der Waals surface area contributed by atoms with E-state index in [0.29, 0.717) is 5.56 Å². The lowest BCUT2D eigenvalue weighted by Gasteiger charge is -2.24. The fraction of sp³-hybridized carbons (Fsp3) is 0.560. The Bertz CT molecular complexity index is 933. The number of carbonyl (C=O) groups is 5. The third kappa shape index (κ3) is 11.5. The fourth-order valence-corrected chi connectivity index (χ4v) is 2.93. The molecular weight excluding hydrogens is 458 g/mol. The lowest BCUT2D eigenvalue weighted by molar-refractivity contribution is -0.143. The second kappa shape index (κ2) is 13.5. The second-order valence-corrected chi connectivity index (χ2v) is 9.52. The SMILES string of the molecule is CC(=O)OCCCC(=O)Oc1ccc(CC(NC(=O)OCC(C)(C)C)C(C)C(=O)O)cc1C(C)=O. The van der Waals surface area contributed by atoms with E-state index in [-0.39, 0.29) is 55.0 Å². The van der Waals surface area contributed by atoms with Crippen LogP contribution in [0.25, 0.3) is 0 Å². The molecule has 0 spiro atoms. The van der Waals surface area contributed by atoms with Crippen molar-refractivity contribution in [2.45, 2.75) is 66.8 Å². The van der Waals surface area contributed by atoms with Crippen LogP contribution in [0.4, 0.5) is 4.79 Å². The zero-order valence-corrected chi connectivity index (χ0v) is 21.1. The van der Waals surface area contributed by atoms with Crippen molar-refractivity contribution in [3.8, 4) is 5.75 Å². The van der Waals surface area contributed by atoms with Crippen LogP contribution in [-0.4, -0.2) is 54.1 Å². The van der Waals surface area contributed by atoms with Gasteiger partial charge in [0.2, 0.25) is 0 Å². The van der Waals surface area contributed by atoms with Gasteiger partial charge in [0.1, 0.15) is 5.75 Å². The highest BCUT2D eigenvalue weighted by atomic mass is 16.6. The minimum atomic E-state index is -1.10. The van der Waals surface area contributed by atoms with Crippen LogP contribution in [0.5, 0.6) is 5.75 Å². The molecule has 0 saturated heterocycles. The van der Waals surface area contributed by atoms with Gasteiger partial charge in [-0.05, 0) is 49.8 Å². The summed E-state index contributed by atoms with van der Waals surface area (Å²) in [6, 6.07) is 3.75. The van der Waals surface area contributed by atoms with Gasteiger partial charge in [-0.3, -0.25) is 19.2 Å². The summed E-state index contributed by atoms with van der Waals surface area (Å²) in [4.78, 5) is 58.9. The van der Waals surface area contributed by atoms with Crippen molar-refractivity contribution >= 4 is 29.8 Å². The number of nitrogens with one attached hydrogen (secondary N) is 1. The molecule has 0 aliphatic heterocycles. The highest BCUT2D eigenvalue weighted by molar-refractivity contribution is 5.97. The molecule has 2 atom stereocenters. The number of amides is 1. The molecule has 2 N–H and O–H groups in total. The summed E-state index contributed by atoms with van der Waals surface area (Å²) in [7, 11) is 0. The first kappa shape index (κ1) is 29.6. The quantitative estimate of drug-likeness (QED) is 0.193. The first-order chi connectivity index (χ1) is 16.2. The Morgan fingerprint density at radius 1 is 1.06 bits per heavy atom. The number of hydrogen-bond acceptors (Lipinski definition) is 8. The Balaban J connectivity index is 2.96. The Kier molecular flexibility index (Phi) is 11.4. The molecule has 0 aliphatic rings. The molecule has 0 fully saturated rings. The Hall–Kier alpha value is -3.43. The molecule has 1 aromatic carbocycles. The summed E-state index contributed by atoms with van der Waals surface area (Å²) in [5.74, 6) is -3.35. The van der Waals surface area contributed by atoms with Gasteiger partial charge < -0.3 is 24.6 Å². The number of carboxylic acids is 1. The Morgan fingerprint density at radius 2 is 1.71 bits per heavy atom. The smallest absolute Gasteiger partial charge is 0.407 e. The number of esters is 2. The van der Waals surface area contributed by atoms with Gasteiger partial charge in [-0.2, -0.15) is 0 Å². The molecule has 0 radical (unpaired) electrons. The summed E-state index contributed by atoms with van der Waals surface area (Å²) in [6.45, 7) is 9.98. The number of hydrogen-bond donors (Lipinski definition) is 2. The van der Waals surface area contributed by atoms with Gasteiger partial charge in [-0.15, -0.1) is 0 Å². The number of carbonyl (C=O) groups excluding carboxylic acids is 4. The Labute approximate surface area is 205 Å². The van der Waals surface area contributed by atoms with Crippen LogP contribution in [0.15, 0.2) is 18.2 Å². The molecule has 0 aromatic heterocycles. The van der Waals surface area contributed by atoms with Crippen molar-refractivity contribution in [2.24, 2.45) is 11.3 Å². The van der Waals surface area contributed by atoms with E-state index in [1.807, 2.05) is 20.8 Å². The minimum Gasteiger partial charge on any atom is -0.481 e. The van der Waals surface area contributed by atoms with Crippen LogP contribution in [-0.2, 0) is 30.3 Å². The number of alkyl carbamates (subject to hydrolysis) is 1. The van der Waals surface area contributed by atoms with Gasteiger partial charge >= 0.3 is 24.0 Å². The summed E-state index contributed by atoms with van der Waals surface area (Å²) >= 11 is 0. The molecular formula is C25H35NO9. The highest BCUT2D eigenvalue weighted by Gasteiger charge is 2.27. The average Bonchev–Trinajstić information content (AvgIpc) is 2.74. The zero-order valence-electron chi connectivity index (χ0n) is 21.1. The zero-order chi connectivity index (χ0) is 26.8. The van der Waals surface area contributed by atoms with E-state index in [0.717, 1.165) is 0 Å². The molecule has 10 nitrogen and oxygen atoms in total. The van der Waals surface area contributed by atoms with Crippen LogP contribution in [0, 0.1) is 11.3 Å². The number of aliphatic carboxylic acids is 1. The van der Waals surface area contributed by atoms with Gasteiger partial charge in [0.25, 0.3) is 0 Å². The molecule has 0 saturated carbocycles. The van der Waals surface area contributed by atoms with Crippen molar-refractivity contribution < 1.29 is 43.3 Å². The fourth-order valence-electron chi connectivity index (χ4n) is 2.93. The number of ether oxygens (including phenoxy) is 3. The predicted octanol–water partition coefficient (Wildman–Crippen LogP) is 3.54. The van der Waals surface area contributed by atoms with E-state index >= 15 is 0 Å². The monoisotopic (exact) mass is 493 g/mol. The standard InChI is InChI=1S/C25H35NO9/c1-15(23(30)31)20(26-24(32)34-14-25(4,5)6)13-18-9-10-21(19(12-18)16(2)27)35-22(29)8-7-11-33-17(3)28/h9-10,12,15,20H,7-8,11,13-14H2,1-6H3,(H,26,32)(H,30,31). The molecule has 1 rings (SSSR count). The van der Waals surface area contributed by atoms with Crippen molar-refractivity contribution in [3.05, 3.63) is 29.3 Å². The number of rotatable bonds is 12. The summed E-state index contributed by atoms with van der Waals surface area (Å²) in [5.41, 5.74) is 0.460. The molecule has 2 unspecified atom stereocenters. The predicted molar refractivity (Wildman–Crippen MR) is 126 cm³/mol. The second-order valence-electron chi connectivity index (χ2n) is 9.52. The number of ketones is 1. The first-order valence-corrected chi connectivity index (χ1v) is 11.3. The van der Waals surface area contributed by atoms with Gasteiger partial charge in [0, 0.05) is 19.4 Å². The number of benzene rings is 1. The molecule has 194 valence electrons. The van der Waals surface area contributed by atoms with E-state index in [9.17, 15) is 29.1 Å². The summed E-state index contributed by atoms with van der Waals surface area (Å²) in [5, 5.41) is 12.1. The lowest BCUT2D eigenvalue weighted by Crippen LogP contribution is -2.44. The van der Waals surface area contributed by atoms with Gasteiger partial charge in [-0.1, -0.05) is 26.8 Å². The van der Waals surface area contributed by atoms with Crippen LogP contribution in [0.3, 0.4) is 0 Å². The number of Topliss-reactive ketones (excluding diaryl/α,β-unsaturated/α-hetero) is 1.